The number of phenolic OH excluding ortho intramolecular Hbond substituents is 1. The van der Waals surface area contributed by atoms with Gasteiger partial charge in [-0.05, 0) is 41.8 Å². The van der Waals surface area contributed by atoms with Crippen LogP contribution in [-0.4, -0.2) is 20.0 Å². The van der Waals surface area contributed by atoms with Crippen LogP contribution in [0.4, 0.5) is 5.69 Å². The van der Waals surface area contributed by atoms with Gasteiger partial charge >= 0.3 is 16.9 Å². The zero-order valence-corrected chi connectivity index (χ0v) is 14.0. The number of nitro groups is 1. The van der Waals surface area contributed by atoms with Crippen LogP contribution < -0.4 is 11.2 Å². The smallest absolute Gasteiger partial charge is 0.357 e. The Kier molecular flexibility index (Phi) is 4.98. The minimum absolute atomic E-state index is 0.0297. The molecular weight excluding hydrogens is 350 g/mol. The SMILES string of the molecule is O=c1[nH]c(/C=C/c2cc(Cc3ccccc3)ccc2O)c([N+](=O)[O-])c(=O)[nH]1. The highest BCUT2D eigenvalue weighted by Crippen LogP contribution is 2.23. The molecule has 0 saturated heterocycles. The van der Waals surface area contributed by atoms with Crippen molar-refractivity contribution >= 4 is 17.8 Å². The Morgan fingerprint density at radius 2 is 1.74 bits per heavy atom. The van der Waals surface area contributed by atoms with E-state index >= 15 is 0 Å². The lowest BCUT2D eigenvalue weighted by molar-refractivity contribution is -0.386. The summed E-state index contributed by atoms with van der Waals surface area (Å²) < 4.78 is 0. The Hall–Kier alpha value is -3.94. The molecule has 27 heavy (non-hydrogen) atoms. The van der Waals surface area contributed by atoms with E-state index in [1.54, 1.807) is 12.1 Å². The summed E-state index contributed by atoms with van der Waals surface area (Å²) in [5.41, 5.74) is -0.552. The van der Waals surface area contributed by atoms with Crippen molar-refractivity contribution in [3.8, 4) is 5.75 Å². The van der Waals surface area contributed by atoms with E-state index in [0.29, 0.717) is 12.0 Å². The number of nitrogens with zero attached hydrogens (tertiary/aromatic N) is 1. The lowest BCUT2D eigenvalue weighted by atomic mass is 10.0. The Morgan fingerprint density at radius 3 is 2.44 bits per heavy atom. The van der Waals surface area contributed by atoms with Crippen molar-refractivity contribution in [3.05, 3.63) is 102 Å². The maximum atomic E-state index is 11.6. The first-order valence-corrected chi connectivity index (χ1v) is 7.99. The lowest BCUT2D eigenvalue weighted by Gasteiger charge is -2.05. The van der Waals surface area contributed by atoms with E-state index in [1.165, 1.54) is 18.2 Å². The molecular formula is C19H15N3O5. The molecule has 0 unspecified atom stereocenters. The number of rotatable bonds is 5. The molecule has 0 aliphatic rings. The van der Waals surface area contributed by atoms with Gasteiger partial charge in [0.05, 0.1) is 4.92 Å². The summed E-state index contributed by atoms with van der Waals surface area (Å²) in [6.07, 6.45) is 3.27. The number of hydrogen-bond donors (Lipinski definition) is 3. The fraction of sp³-hybridized carbons (Fsp3) is 0.0526. The average Bonchev–Trinajstić information content (AvgIpc) is 2.62. The molecule has 1 heterocycles. The minimum Gasteiger partial charge on any atom is -0.507 e. The molecule has 0 amide bonds. The average molecular weight is 365 g/mol. The highest BCUT2D eigenvalue weighted by Gasteiger charge is 2.18. The van der Waals surface area contributed by atoms with Crippen molar-refractivity contribution in [2.24, 2.45) is 0 Å². The van der Waals surface area contributed by atoms with Gasteiger partial charge in [-0.25, -0.2) is 4.79 Å². The van der Waals surface area contributed by atoms with Gasteiger partial charge in [-0.3, -0.25) is 19.9 Å². The highest BCUT2D eigenvalue weighted by molar-refractivity contribution is 5.74. The molecule has 3 aromatic rings. The first kappa shape index (κ1) is 17.9. The third-order valence-corrected chi connectivity index (χ3v) is 3.90. The van der Waals surface area contributed by atoms with Crippen molar-refractivity contribution < 1.29 is 10.0 Å². The topological polar surface area (TPSA) is 129 Å². The minimum atomic E-state index is -1.09. The number of aromatic nitrogens is 2. The number of hydrogen-bond acceptors (Lipinski definition) is 5. The summed E-state index contributed by atoms with van der Waals surface area (Å²) in [4.78, 5) is 37.3. The van der Waals surface area contributed by atoms with Crippen LogP contribution in [0.25, 0.3) is 12.2 Å². The van der Waals surface area contributed by atoms with E-state index in [0.717, 1.165) is 11.1 Å². The number of nitrogens with one attached hydrogen (secondary N) is 2. The predicted octanol–water partition coefficient (Wildman–Crippen LogP) is 2.44. The van der Waals surface area contributed by atoms with Crippen LogP contribution >= 0.6 is 0 Å². The Labute approximate surface area is 152 Å². The van der Waals surface area contributed by atoms with Gasteiger partial charge in [0, 0.05) is 5.56 Å². The van der Waals surface area contributed by atoms with Crippen LogP contribution in [-0.2, 0) is 6.42 Å². The van der Waals surface area contributed by atoms with E-state index in [2.05, 4.69) is 4.98 Å². The molecule has 8 heteroatoms. The van der Waals surface area contributed by atoms with Crippen molar-refractivity contribution in [1.29, 1.82) is 0 Å². The van der Waals surface area contributed by atoms with E-state index in [1.807, 2.05) is 35.3 Å². The Balaban J connectivity index is 1.96. The highest BCUT2D eigenvalue weighted by atomic mass is 16.6. The molecule has 0 atom stereocenters. The molecule has 3 rings (SSSR count). The number of aromatic amines is 2. The fourth-order valence-electron chi connectivity index (χ4n) is 2.65. The second-order valence-corrected chi connectivity index (χ2v) is 5.82. The van der Waals surface area contributed by atoms with Crippen LogP contribution in [0.1, 0.15) is 22.4 Å². The summed E-state index contributed by atoms with van der Waals surface area (Å²) in [5, 5.41) is 21.1. The molecule has 0 saturated carbocycles. The largest absolute Gasteiger partial charge is 0.507 e. The first-order chi connectivity index (χ1) is 12.9. The van der Waals surface area contributed by atoms with Crippen LogP contribution in [0.2, 0.25) is 0 Å². The maximum Gasteiger partial charge on any atom is 0.357 e. The summed E-state index contributed by atoms with van der Waals surface area (Å²) in [6, 6.07) is 14.8. The van der Waals surface area contributed by atoms with E-state index in [9.17, 15) is 24.8 Å². The van der Waals surface area contributed by atoms with Gasteiger partial charge in [-0.2, -0.15) is 0 Å². The standard InChI is InChI=1S/C19H15N3O5/c23-16-9-6-13(10-12-4-2-1-3-5-12)11-14(16)7-8-15-17(22(26)27)18(24)21-19(25)20-15/h1-9,11,23H,10H2,(H2,20,21,24,25)/b8-7+. The van der Waals surface area contributed by atoms with Crippen molar-refractivity contribution in [3.63, 3.8) is 0 Å². The summed E-state index contributed by atoms with van der Waals surface area (Å²) in [6.45, 7) is 0. The van der Waals surface area contributed by atoms with Gasteiger partial charge < -0.3 is 10.1 Å². The molecule has 3 N–H and O–H groups in total. The third-order valence-electron chi connectivity index (χ3n) is 3.90. The predicted molar refractivity (Wildman–Crippen MR) is 101 cm³/mol. The zero-order valence-electron chi connectivity index (χ0n) is 14.0. The lowest BCUT2D eigenvalue weighted by Crippen LogP contribution is -2.25. The molecule has 1 aromatic heterocycles. The molecule has 8 nitrogen and oxygen atoms in total. The fourth-order valence-corrected chi connectivity index (χ4v) is 2.65. The summed E-state index contributed by atoms with van der Waals surface area (Å²) >= 11 is 0. The van der Waals surface area contributed by atoms with Crippen molar-refractivity contribution in [2.75, 3.05) is 0 Å². The van der Waals surface area contributed by atoms with Crippen LogP contribution in [0, 0.1) is 10.1 Å². The maximum absolute atomic E-state index is 11.6. The Morgan fingerprint density at radius 1 is 1.00 bits per heavy atom. The number of H-pyrrole nitrogens is 2. The van der Waals surface area contributed by atoms with E-state index in [-0.39, 0.29) is 11.4 Å². The molecule has 0 fully saturated rings. The van der Waals surface area contributed by atoms with E-state index < -0.39 is 21.9 Å². The zero-order chi connectivity index (χ0) is 19.4. The molecule has 0 bridgehead atoms. The molecule has 0 spiro atoms. The van der Waals surface area contributed by atoms with Crippen LogP contribution in [0.3, 0.4) is 0 Å². The monoisotopic (exact) mass is 365 g/mol. The van der Waals surface area contributed by atoms with Crippen molar-refractivity contribution in [2.45, 2.75) is 6.42 Å². The number of aromatic hydroxyl groups is 1. The number of phenols is 1. The van der Waals surface area contributed by atoms with Crippen LogP contribution in [0.15, 0.2) is 58.1 Å². The third kappa shape index (κ3) is 4.18. The van der Waals surface area contributed by atoms with Gasteiger partial charge in [0.2, 0.25) is 0 Å². The second-order valence-electron chi connectivity index (χ2n) is 5.82. The summed E-state index contributed by atoms with van der Waals surface area (Å²) in [7, 11) is 0. The van der Waals surface area contributed by atoms with Gasteiger partial charge in [-0.1, -0.05) is 36.4 Å². The van der Waals surface area contributed by atoms with Gasteiger partial charge in [0.1, 0.15) is 11.4 Å². The second kappa shape index (κ2) is 7.52. The van der Waals surface area contributed by atoms with Gasteiger partial charge in [-0.15, -0.1) is 0 Å². The Bertz CT molecular complexity index is 1130. The molecule has 0 radical (unpaired) electrons. The van der Waals surface area contributed by atoms with Crippen LogP contribution in [0.5, 0.6) is 5.75 Å². The normalized spacial score (nSPS) is 11.0. The summed E-state index contributed by atoms with van der Waals surface area (Å²) in [5.74, 6) is -0.0297. The molecule has 0 aliphatic carbocycles. The quantitative estimate of drug-likeness (QED) is 0.472. The van der Waals surface area contributed by atoms with Gasteiger partial charge in [0.25, 0.3) is 0 Å². The van der Waals surface area contributed by atoms with E-state index in [4.69, 9.17) is 0 Å². The molecule has 0 aliphatic heterocycles. The van der Waals surface area contributed by atoms with Gasteiger partial charge in [0.15, 0.2) is 0 Å². The molecule has 2 aromatic carbocycles. The molecule has 136 valence electrons. The first-order valence-electron chi connectivity index (χ1n) is 7.99. The number of benzene rings is 2. The van der Waals surface area contributed by atoms with Crippen molar-refractivity contribution in [1.82, 2.24) is 9.97 Å².